The number of benzene rings is 1. The van der Waals surface area contributed by atoms with E-state index in [1.54, 1.807) is 26.0 Å². The van der Waals surface area contributed by atoms with Crippen LogP contribution in [0.2, 0.25) is 0 Å². The summed E-state index contributed by atoms with van der Waals surface area (Å²) in [6.07, 6.45) is -1.48. The van der Waals surface area contributed by atoms with E-state index >= 15 is 0 Å². The molecular weight excluding hydrogens is 244 g/mol. The van der Waals surface area contributed by atoms with Crippen LogP contribution >= 0.6 is 0 Å². The van der Waals surface area contributed by atoms with E-state index in [9.17, 15) is 5.11 Å². The van der Waals surface area contributed by atoms with Crippen LogP contribution in [0.15, 0.2) is 30.3 Å². The normalized spacial score (nSPS) is 17.1. The van der Waals surface area contributed by atoms with Crippen molar-refractivity contribution in [2.45, 2.75) is 45.5 Å². The van der Waals surface area contributed by atoms with Gasteiger partial charge in [0.25, 0.3) is 0 Å². The van der Waals surface area contributed by atoms with Crippen LogP contribution in [0.1, 0.15) is 39.4 Å². The maximum Gasteiger partial charge on any atom is 0.105 e. The third-order valence-corrected chi connectivity index (χ3v) is 3.16. The summed E-state index contributed by atoms with van der Waals surface area (Å²) in [5.74, 6) is 0.118. The van der Waals surface area contributed by atoms with Gasteiger partial charge in [-0.25, -0.2) is 0 Å². The second kappa shape index (κ2) is 8.27. The van der Waals surface area contributed by atoms with Crippen molar-refractivity contribution in [1.82, 2.24) is 0 Å². The molecule has 0 heterocycles. The van der Waals surface area contributed by atoms with Gasteiger partial charge in [0.05, 0.1) is 18.3 Å². The van der Waals surface area contributed by atoms with Crippen molar-refractivity contribution in [3.05, 3.63) is 35.9 Å². The minimum absolute atomic E-state index is 0.118. The van der Waals surface area contributed by atoms with Crippen molar-refractivity contribution >= 4 is 0 Å². The zero-order chi connectivity index (χ0) is 15.1. The Morgan fingerprint density at radius 1 is 1.05 bits per heavy atom. The number of rotatable bonds is 4. The average Bonchev–Trinajstić information content (AvgIpc) is 2.39. The Morgan fingerprint density at radius 2 is 1.53 bits per heavy atom. The molecule has 0 amide bonds. The summed E-state index contributed by atoms with van der Waals surface area (Å²) in [7, 11) is 0. The Morgan fingerprint density at radius 3 is 1.79 bits per heavy atom. The van der Waals surface area contributed by atoms with E-state index in [1.807, 2.05) is 32.0 Å². The molecule has 0 bridgehead atoms. The fraction of sp³-hybridized carbons (Fsp3) is 0.600. The first-order chi connectivity index (χ1) is 8.72. The standard InChI is InChI=1S/C9H12O2.C6H14O2/c1-7(10)9(11)8-5-3-2-4-6-8;1-5(2)6(3,8)4-7/h2-7,9-11H,1H3;5,7-8H,4H2,1-3H3. The first-order valence-corrected chi connectivity index (χ1v) is 6.46. The van der Waals surface area contributed by atoms with Crippen LogP contribution in [-0.2, 0) is 0 Å². The largest absolute Gasteiger partial charge is 0.393 e. The predicted octanol–water partition coefficient (Wildman–Crippen LogP) is 1.49. The van der Waals surface area contributed by atoms with Gasteiger partial charge >= 0.3 is 0 Å². The van der Waals surface area contributed by atoms with E-state index in [0.717, 1.165) is 5.56 Å². The molecule has 0 aliphatic rings. The summed E-state index contributed by atoms with van der Waals surface area (Å²) in [4.78, 5) is 0. The quantitative estimate of drug-likeness (QED) is 0.668. The molecule has 0 aromatic heterocycles. The lowest BCUT2D eigenvalue weighted by atomic mass is 9.94. The summed E-state index contributed by atoms with van der Waals surface area (Å²) in [5, 5.41) is 36.0. The van der Waals surface area contributed by atoms with Gasteiger partial charge < -0.3 is 20.4 Å². The topological polar surface area (TPSA) is 80.9 Å². The highest BCUT2D eigenvalue weighted by atomic mass is 16.3. The van der Waals surface area contributed by atoms with E-state index in [2.05, 4.69) is 0 Å². The van der Waals surface area contributed by atoms with Gasteiger partial charge in [-0.3, -0.25) is 0 Å². The van der Waals surface area contributed by atoms with E-state index in [0.29, 0.717) is 0 Å². The minimum atomic E-state index is -0.903. The molecule has 4 nitrogen and oxygen atoms in total. The molecule has 0 saturated heterocycles. The smallest absolute Gasteiger partial charge is 0.105 e. The monoisotopic (exact) mass is 270 g/mol. The number of aliphatic hydroxyl groups excluding tert-OH is 3. The third kappa shape index (κ3) is 6.68. The lowest BCUT2D eigenvalue weighted by Gasteiger charge is -2.24. The van der Waals surface area contributed by atoms with Crippen molar-refractivity contribution in [2.75, 3.05) is 6.61 Å². The van der Waals surface area contributed by atoms with Crippen molar-refractivity contribution in [3.63, 3.8) is 0 Å². The Labute approximate surface area is 115 Å². The molecule has 0 aliphatic heterocycles. The highest BCUT2D eigenvalue weighted by Gasteiger charge is 2.22. The highest BCUT2D eigenvalue weighted by molar-refractivity contribution is 5.17. The van der Waals surface area contributed by atoms with Gasteiger partial charge in [0.1, 0.15) is 6.10 Å². The van der Waals surface area contributed by atoms with Gasteiger partial charge in [0, 0.05) is 0 Å². The number of hydrogen-bond donors (Lipinski definition) is 4. The summed E-state index contributed by atoms with van der Waals surface area (Å²) in [6, 6.07) is 9.12. The Bertz CT molecular complexity index is 333. The van der Waals surface area contributed by atoms with E-state index in [1.165, 1.54) is 0 Å². The molecule has 0 saturated carbocycles. The maximum atomic E-state index is 9.35. The molecule has 1 aromatic rings. The zero-order valence-corrected chi connectivity index (χ0v) is 12.1. The Balaban J connectivity index is 0.000000362. The molecule has 0 spiro atoms. The molecule has 0 fully saturated rings. The minimum Gasteiger partial charge on any atom is -0.393 e. The van der Waals surface area contributed by atoms with E-state index < -0.39 is 17.8 Å². The molecule has 3 atom stereocenters. The van der Waals surface area contributed by atoms with Gasteiger partial charge in [-0.2, -0.15) is 0 Å². The van der Waals surface area contributed by atoms with Gasteiger partial charge in [-0.05, 0) is 25.3 Å². The summed E-state index contributed by atoms with van der Waals surface area (Å²) < 4.78 is 0. The van der Waals surface area contributed by atoms with Crippen LogP contribution in [0.3, 0.4) is 0 Å². The summed E-state index contributed by atoms with van der Waals surface area (Å²) >= 11 is 0. The molecule has 4 N–H and O–H groups in total. The maximum absolute atomic E-state index is 9.35. The lowest BCUT2D eigenvalue weighted by molar-refractivity contribution is -0.0350. The van der Waals surface area contributed by atoms with Crippen LogP contribution in [0.4, 0.5) is 0 Å². The van der Waals surface area contributed by atoms with E-state index in [-0.39, 0.29) is 12.5 Å². The molecule has 3 unspecified atom stereocenters. The van der Waals surface area contributed by atoms with Crippen molar-refractivity contribution in [1.29, 1.82) is 0 Å². The highest BCUT2D eigenvalue weighted by Crippen LogP contribution is 2.15. The molecule has 1 aromatic carbocycles. The molecule has 19 heavy (non-hydrogen) atoms. The molecule has 1 rings (SSSR count). The third-order valence-electron chi connectivity index (χ3n) is 3.16. The Hall–Kier alpha value is -0.940. The number of hydrogen-bond acceptors (Lipinski definition) is 4. The molecule has 110 valence electrons. The van der Waals surface area contributed by atoms with Crippen LogP contribution in [0, 0.1) is 5.92 Å². The van der Waals surface area contributed by atoms with Crippen molar-refractivity contribution in [2.24, 2.45) is 5.92 Å². The molecule has 0 radical (unpaired) electrons. The average molecular weight is 270 g/mol. The first kappa shape index (κ1) is 18.1. The van der Waals surface area contributed by atoms with Gasteiger partial charge in [-0.15, -0.1) is 0 Å². The van der Waals surface area contributed by atoms with E-state index in [4.69, 9.17) is 15.3 Å². The second-order valence-electron chi connectivity index (χ2n) is 5.27. The molecule has 0 aliphatic carbocycles. The van der Waals surface area contributed by atoms with Gasteiger partial charge in [0.15, 0.2) is 0 Å². The fourth-order valence-corrected chi connectivity index (χ4v) is 1.11. The van der Waals surface area contributed by atoms with Crippen LogP contribution < -0.4 is 0 Å². The fourth-order valence-electron chi connectivity index (χ4n) is 1.11. The van der Waals surface area contributed by atoms with Crippen molar-refractivity contribution < 1.29 is 20.4 Å². The van der Waals surface area contributed by atoms with Gasteiger partial charge in [-0.1, -0.05) is 44.2 Å². The molecule has 4 heteroatoms. The SMILES string of the molecule is CC(C)C(C)(O)CO.CC(O)C(O)c1ccccc1. The van der Waals surface area contributed by atoms with Crippen LogP contribution in [-0.4, -0.2) is 38.7 Å². The summed E-state index contributed by atoms with van der Waals surface area (Å²) in [5.41, 5.74) is -0.150. The first-order valence-electron chi connectivity index (χ1n) is 6.46. The lowest BCUT2D eigenvalue weighted by Crippen LogP contribution is -2.34. The number of aliphatic hydroxyl groups is 4. The van der Waals surface area contributed by atoms with Crippen LogP contribution in [0.25, 0.3) is 0 Å². The second-order valence-corrected chi connectivity index (χ2v) is 5.27. The molecular formula is C15H26O4. The summed E-state index contributed by atoms with van der Waals surface area (Å²) in [6.45, 7) is 6.77. The van der Waals surface area contributed by atoms with Crippen molar-refractivity contribution in [3.8, 4) is 0 Å². The van der Waals surface area contributed by atoms with Gasteiger partial charge in [0.2, 0.25) is 0 Å². The predicted molar refractivity (Wildman–Crippen MR) is 75.6 cm³/mol. The zero-order valence-electron chi connectivity index (χ0n) is 12.1. The van der Waals surface area contributed by atoms with Crippen LogP contribution in [0.5, 0.6) is 0 Å². The Kier molecular flexibility index (Phi) is 7.87.